The van der Waals surface area contributed by atoms with Gasteiger partial charge < -0.3 is 10.4 Å². The summed E-state index contributed by atoms with van der Waals surface area (Å²) in [5, 5.41) is 9.18. The second-order valence-corrected chi connectivity index (χ2v) is 7.03. The summed E-state index contributed by atoms with van der Waals surface area (Å²) in [6.45, 7) is 2.88. The number of aryl methyl sites for hydroxylation is 1. The van der Waals surface area contributed by atoms with Crippen molar-refractivity contribution in [1.29, 1.82) is 0 Å². The number of ketones is 1. The first-order valence-corrected chi connectivity index (χ1v) is 9.67. The van der Waals surface area contributed by atoms with Crippen molar-refractivity contribution in [3.05, 3.63) is 66.5 Å². The molecular weight excluding hydrogens is 358 g/mol. The van der Waals surface area contributed by atoms with Crippen LogP contribution in [-0.2, 0) is 6.54 Å². The first-order chi connectivity index (χ1) is 13.2. The fraction of sp³-hybridized carbons (Fsp3) is 0.150. The Morgan fingerprint density at radius 1 is 1.11 bits per heavy atom. The number of aromatic nitrogens is 4. The van der Waals surface area contributed by atoms with E-state index in [1.807, 2.05) is 48.5 Å². The van der Waals surface area contributed by atoms with Crippen molar-refractivity contribution in [2.24, 2.45) is 0 Å². The zero-order valence-corrected chi connectivity index (χ0v) is 15.7. The molecule has 136 valence electrons. The van der Waals surface area contributed by atoms with Crippen molar-refractivity contribution in [2.75, 3.05) is 11.6 Å². The number of nitrogens with zero attached hydrogens (tertiary/aromatic N) is 4. The topological polar surface area (TPSA) is 78.7 Å². The molecule has 0 radical (unpaired) electrons. The molecule has 2 aromatic carbocycles. The van der Waals surface area contributed by atoms with Gasteiger partial charge in [0.05, 0.1) is 17.0 Å². The highest BCUT2D eigenvalue weighted by Crippen LogP contribution is 2.35. The highest BCUT2D eigenvalue weighted by atomic mass is 32.2. The summed E-state index contributed by atoms with van der Waals surface area (Å²) in [7, 11) is 0. The molecule has 4 rings (SSSR count). The summed E-state index contributed by atoms with van der Waals surface area (Å²) in [4.78, 5) is 13.3. The minimum absolute atomic E-state index is 0.0465. The number of hydrogen-bond donors (Lipinski definition) is 1. The van der Waals surface area contributed by atoms with Gasteiger partial charge in [0.15, 0.2) is 5.78 Å². The van der Waals surface area contributed by atoms with Crippen molar-refractivity contribution >= 4 is 28.4 Å². The maximum absolute atomic E-state index is 13.3. The Hall–Kier alpha value is -3.06. The number of nitrogen functional groups attached to an aromatic ring is 1. The Balaban J connectivity index is 1.83. The molecule has 2 N–H and O–H groups in total. The number of fused-ring (bicyclic) bond motifs is 1. The van der Waals surface area contributed by atoms with Gasteiger partial charge in [-0.15, -0.1) is 10.2 Å². The Morgan fingerprint density at radius 2 is 1.85 bits per heavy atom. The summed E-state index contributed by atoms with van der Waals surface area (Å²) in [5.41, 5.74) is 3.80. The summed E-state index contributed by atoms with van der Waals surface area (Å²) in [5.74, 6) is 6.05. The van der Waals surface area contributed by atoms with Crippen LogP contribution >= 0.6 is 11.8 Å². The van der Waals surface area contributed by atoms with Crippen molar-refractivity contribution in [2.45, 2.75) is 18.6 Å². The van der Waals surface area contributed by atoms with Crippen LogP contribution in [0.15, 0.2) is 66.1 Å². The van der Waals surface area contributed by atoms with Gasteiger partial charge in [-0.1, -0.05) is 60.3 Å². The van der Waals surface area contributed by atoms with Crippen molar-refractivity contribution in [3.8, 4) is 11.3 Å². The molecule has 0 bridgehead atoms. The summed E-state index contributed by atoms with van der Waals surface area (Å²) in [6.07, 6.45) is 1.42. The van der Waals surface area contributed by atoms with Crippen LogP contribution in [0.1, 0.15) is 17.3 Å². The van der Waals surface area contributed by atoms with Gasteiger partial charge in [-0.3, -0.25) is 4.79 Å². The van der Waals surface area contributed by atoms with Gasteiger partial charge in [0, 0.05) is 17.4 Å². The van der Waals surface area contributed by atoms with E-state index >= 15 is 0 Å². The van der Waals surface area contributed by atoms with E-state index in [0.717, 1.165) is 34.3 Å². The molecule has 7 heteroatoms. The fourth-order valence-electron chi connectivity index (χ4n) is 3.35. The van der Waals surface area contributed by atoms with Gasteiger partial charge in [0.25, 0.3) is 0 Å². The van der Waals surface area contributed by atoms with Gasteiger partial charge in [0.1, 0.15) is 6.33 Å². The van der Waals surface area contributed by atoms with E-state index in [9.17, 15) is 4.79 Å². The predicted molar refractivity (Wildman–Crippen MR) is 108 cm³/mol. The average Bonchev–Trinajstić information content (AvgIpc) is 3.27. The third kappa shape index (κ3) is 3.10. The van der Waals surface area contributed by atoms with Crippen LogP contribution in [0.3, 0.4) is 0 Å². The van der Waals surface area contributed by atoms with E-state index in [4.69, 9.17) is 5.84 Å². The molecule has 4 aromatic rings. The molecule has 0 saturated carbocycles. The van der Waals surface area contributed by atoms with Crippen LogP contribution in [0.5, 0.6) is 0 Å². The molecule has 0 atom stereocenters. The highest BCUT2D eigenvalue weighted by Gasteiger charge is 2.23. The van der Waals surface area contributed by atoms with Gasteiger partial charge in [-0.2, -0.15) is 0 Å². The molecule has 6 nitrogen and oxygen atoms in total. The quantitative estimate of drug-likeness (QED) is 0.315. The number of carbonyl (C=O) groups is 1. The van der Waals surface area contributed by atoms with E-state index in [-0.39, 0.29) is 11.5 Å². The van der Waals surface area contributed by atoms with Crippen LogP contribution in [0, 0.1) is 0 Å². The first-order valence-electron chi connectivity index (χ1n) is 8.68. The van der Waals surface area contributed by atoms with Crippen LogP contribution in [0.4, 0.5) is 0 Å². The number of rotatable bonds is 6. The van der Waals surface area contributed by atoms with Crippen LogP contribution in [0.2, 0.25) is 0 Å². The SMILES string of the molecule is CCn1c(-c2ccccc2)c(C(=O)CSc2nncn2N)c2ccccc21. The van der Waals surface area contributed by atoms with Gasteiger partial charge >= 0.3 is 0 Å². The number of Topliss-reactive ketones (excluding diaryl/α,β-unsaturated/α-hetero) is 1. The van der Waals surface area contributed by atoms with Gasteiger partial charge in [-0.05, 0) is 18.6 Å². The minimum atomic E-state index is 0.0465. The number of thioether (sulfide) groups is 1. The van der Waals surface area contributed by atoms with Gasteiger partial charge in [0.2, 0.25) is 5.16 Å². The second-order valence-electron chi connectivity index (χ2n) is 6.08. The van der Waals surface area contributed by atoms with E-state index < -0.39 is 0 Å². The lowest BCUT2D eigenvalue weighted by Gasteiger charge is -2.10. The van der Waals surface area contributed by atoms with E-state index in [2.05, 4.69) is 27.8 Å². The lowest BCUT2D eigenvalue weighted by Crippen LogP contribution is -2.10. The molecule has 0 spiro atoms. The van der Waals surface area contributed by atoms with E-state index in [1.54, 1.807) is 0 Å². The standard InChI is InChI=1S/C20H19N5OS/c1-2-24-16-11-7-6-10-15(16)18(19(24)14-8-4-3-5-9-14)17(26)12-27-20-23-22-13-25(20)21/h3-11,13H,2,12,21H2,1H3. The molecule has 0 unspecified atom stereocenters. The molecule has 27 heavy (non-hydrogen) atoms. The summed E-state index contributed by atoms with van der Waals surface area (Å²) in [6, 6.07) is 18.1. The normalized spacial score (nSPS) is 11.1. The molecule has 0 fully saturated rings. The molecule has 2 heterocycles. The molecule has 0 amide bonds. The van der Waals surface area contributed by atoms with Crippen molar-refractivity contribution in [3.63, 3.8) is 0 Å². The molecule has 2 aromatic heterocycles. The monoisotopic (exact) mass is 377 g/mol. The van der Waals surface area contributed by atoms with Gasteiger partial charge in [-0.25, -0.2) is 4.68 Å². The summed E-state index contributed by atoms with van der Waals surface area (Å²) < 4.78 is 3.53. The van der Waals surface area contributed by atoms with Crippen molar-refractivity contribution in [1.82, 2.24) is 19.4 Å². The third-order valence-corrected chi connectivity index (χ3v) is 5.44. The lowest BCUT2D eigenvalue weighted by atomic mass is 10.0. The summed E-state index contributed by atoms with van der Waals surface area (Å²) >= 11 is 1.29. The number of nitrogens with two attached hydrogens (primary N) is 1. The molecule has 0 saturated heterocycles. The molecule has 0 aliphatic rings. The Kier molecular flexibility index (Phi) is 4.68. The number of benzene rings is 2. The van der Waals surface area contributed by atoms with E-state index in [0.29, 0.717) is 5.16 Å². The zero-order chi connectivity index (χ0) is 18.8. The Morgan fingerprint density at radius 3 is 2.56 bits per heavy atom. The smallest absolute Gasteiger partial charge is 0.209 e. The van der Waals surface area contributed by atoms with E-state index in [1.165, 1.54) is 22.8 Å². The van der Waals surface area contributed by atoms with Crippen LogP contribution in [0.25, 0.3) is 22.2 Å². The largest absolute Gasteiger partial charge is 0.340 e. The molecular formula is C20H19N5OS. The Labute approximate surface area is 161 Å². The van der Waals surface area contributed by atoms with Crippen LogP contribution < -0.4 is 5.84 Å². The number of hydrogen-bond acceptors (Lipinski definition) is 5. The maximum atomic E-state index is 13.3. The lowest BCUT2D eigenvalue weighted by molar-refractivity contribution is 0.102. The highest BCUT2D eigenvalue weighted by molar-refractivity contribution is 7.99. The predicted octanol–water partition coefficient (Wildman–Crippen LogP) is 3.61. The minimum Gasteiger partial charge on any atom is -0.340 e. The zero-order valence-electron chi connectivity index (χ0n) is 14.9. The maximum Gasteiger partial charge on any atom is 0.209 e. The first kappa shape index (κ1) is 17.4. The second kappa shape index (κ2) is 7.28. The van der Waals surface area contributed by atoms with Crippen molar-refractivity contribution < 1.29 is 4.79 Å². The third-order valence-electron chi connectivity index (χ3n) is 4.49. The fourth-order valence-corrected chi connectivity index (χ4v) is 4.05. The molecule has 0 aliphatic carbocycles. The number of carbonyl (C=O) groups excluding carboxylic acids is 1. The molecule has 0 aliphatic heterocycles. The van der Waals surface area contributed by atoms with Crippen LogP contribution in [-0.4, -0.2) is 31.0 Å². The average molecular weight is 377 g/mol. The Bertz CT molecular complexity index is 1100. The number of para-hydroxylation sites is 1.